The van der Waals surface area contributed by atoms with Gasteiger partial charge in [0.05, 0.1) is 30.9 Å². The minimum absolute atomic E-state index is 0.360. The molecule has 5 rings (SSSR count). The van der Waals surface area contributed by atoms with Gasteiger partial charge in [-0.25, -0.2) is 0 Å². The highest BCUT2D eigenvalue weighted by Gasteiger charge is 2.35. The Bertz CT molecular complexity index is 1460. The number of aryl methyl sites for hydroxylation is 1. The van der Waals surface area contributed by atoms with E-state index in [2.05, 4.69) is 20.2 Å². The Morgan fingerprint density at radius 3 is 2.38 bits per heavy atom. The molecule has 0 fully saturated rings. The van der Waals surface area contributed by atoms with E-state index in [4.69, 9.17) is 9.47 Å². The molecule has 8 nitrogen and oxygen atoms in total. The summed E-state index contributed by atoms with van der Waals surface area (Å²) in [5.41, 5.74) is 3.92. The molecule has 0 bridgehead atoms. The quantitative estimate of drug-likeness (QED) is 0.278. The molecule has 2 aromatic carbocycles. The van der Waals surface area contributed by atoms with E-state index in [0.29, 0.717) is 33.8 Å². The molecule has 0 unspecified atom stereocenters. The predicted molar refractivity (Wildman–Crippen MR) is 132 cm³/mol. The highest BCUT2D eigenvalue weighted by Crippen LogP contribution is 2.41. The maximum atomic E-state index is 13.1. The molecule has 3 heterocycles. The Labute approximate surface area is 196 Å². The number of nitrogens with zero attached hydrogens (tertiary/aromatic N) is 1. The number of para-hydroxylation sites is 1. The van der Waals surface area contributed by atoms with Gasteiger partial charge in [0.1, 0.15) is 0 Å². The molecule has 0 radical (unpaired) electrons. The number of benzene rings is 2. The molecule has 174 valence electrons. The normalized spacial score (nSPS) is 13.9. The van der Waals surface area contributed by atoms with Crippen LogP contribution >= 0.6 is 0 Å². The first-order chi connectivity index (χ1) is 16.6. The van der Waals surface area contributed by atoms with Crippen molar-refractivity contribution >= 4 is 44.8 Å². The van der Waals surface area contributed by atoms with Gasteiger partial charge in [-0.2, -0.15) is 0 Å². The number of rotatable bonds is 8. The number of amides is 2. The zero-order valence-corrected chi connectivity index (χ0v) is 19.3. The van der Waals surface area contributed by atoms with Gasteiger partial charge in [-0.15, -0.1) is 0 Å². The second-order valence-electron chi connectivity index (χ2n) is 8.20. The molecular weight excluding hydrogens is 432 g/mol. The van der Waals surface area contributed by atoms with Crippen molar-refractivity contribution in [3.05, 3.63) is 59.9 Å². The van der Waals surface area contributed by atoms with E-state index in [9.17, 15) is 9.59 Å². The summed E-state index contributed by atoms with van der Waals surface area (Å²) < 4.78 is 13.2. The minimum atomic E-state index is -0.408. The Morgan fingerprint density at radius 1 is 0.941 bits per heavy atom. The van der Waals surface area contributed by atoms with Crippen LogP contribution in [0.5, 0.6) is 11.5 Å². The summed E-state index contributed by atoms with van der Waals surface area (Å²) in [5, 5.41) is 7.37. The molecule has 0 aliphatic carbocycles. The topological polar surface area (TPSA) is 97.4 Å². The Kier molecular flexibility index (Phi) is 5.59. The fraction of sp³-hybridized carbons (Fsp3) is 0.231. The first-order valence-corrected chi connectivity index (χ1v) is 11.1. The lowest BCUT2D eigenvalue weighted by Gasteiger charge is -2.10. The largest absolute Gasteiger partial charge is 0.493 e. The number of aromatic nitrogens is 2. The van der Waals surface area contributed by atoms with E-state index in [-0.39, 0.29) is 0 Å². The van der Waals surface area contributed by atoms with Crippen LogP contribution in [0.25, 0.3) is 33.0 Å². The number of imide groups is 1. The van der Waals surface area contributed by atoms with Crippen molar-refractivity contribution in [2.24, 2.45) is 0 Å². The van der Waals surface area contributed by atoms with E-state index in [1.807, 2.05) is 49.6 Å². The Balaban J connectivity index is 1.78. The summed E-state index contributed by atoms with van der Waals surface area (Å²) >= 11 is 0. The van der Waals surface area contributed by atoms with E-state index in [0.717, 1.165) is 41.3 Å². The maximum absolute atomic E-state index is 13.1. The third kappa shape index (κ3) is 3.43. The molecule has 0 spiro atoms. The van der Waals surface area contributed by atoms with Gasteiger partial charge in [-0.05, 0) is 32.1 Å². The third-order valence-corrected chi connectivity index (χ3v) is 6.27. The summed E-state index contributed by atoms with van der Waals surface area (Å²) in [6, 6.07) is 11.5. The van der Waals surface area contributed by atoms with Gasteiger partial charge in [-0.3, -0.25) is 14.9 Å². The number of ether oxygens (including phenoxy) is 2. The average molecular weight is 459 g/mol. The molecule has 3 N–H and O–H groups in total. The average Bonchev–Trinajstić information content (AvgIpc) is 3.50. The third-order valence-electron chi connectivity index (χ3n) is 6.27. The molecule has 34 heavy (non-hydrogen) atoms. The Hall–Kier alpha value is -4.04. The van der Waals surface area contributed by atoms with Crippen molar-refractivity contribution < 1.29 is 19.1 Å². The summed E-state index contributed by atoms with van der Waals surface area (Å²) in [4.78, 5) is 29.4. The predicted octanol–water partition coefficient (Wildman–Crippen LogP) is 3.32. The van der Waals surface area contributed by atoms with Crippen LogP contribution < -0.4 is 20.1 Å². The second-order valence-corrected chi connectivity index (χ2v) is 8.20. The smallest absolute Gasteiger partial charge is 0.259 e. The lowest BCUT2D eigenvalue weighted by molar-refractivity contribution is -0.122. The zero-order valence-electron chi connectivity index (χ0n) is 19.3. The molecule has 4 aromatic rings. The first-order valence-electron chi connectivity index (χ1n) is 11.1. The SMILES string of the molecule is CNCCCn1cc(C2=C(c3c[nH]c4ccccc34)C(=O)NC2=O)c2cc(OC)c(OC)cc21. The summed E-state index contributed by atoms with van der Waals surface area (Å²) in [6.45, 7) is 1.59. The fourth-order valence-electron chi connectivity index (χ4n) is 4.67. The van der Waals surface area contributed by atoms with Crippen molar-refractivity contribution in [1.82, 2.24) is 20.2 Å². The lowest BCUT2D eigenvalue weighted by Crippen LogP contribution is -2.22. The number of hydrogen-bond acceptors (Lipinski definition) is 5. The number of methoxy groups -OCH3 is 2. The fourth-order valence-corrected chi connectivity index (χ4v) is 4.67. The van der Waals surface area contributed by atoms with Crippen LogP contribution in [0.15, 0.2) is 48.8 Å². The molecule has 1 aliphatic heterocycles. The van der Waals surface area contributed by atoms with Gasteiger partial charge in [0.2, 0.25) is 0 Å². The van der Waals surface area contributed by atoms with E-state index < -0.39 is 11.8 Å². The minimum Gasteiger partial charge on any atom is -0.493 e. The van der Waals surface area contributed by atoms with Crippen LogP contribution in [0.2, 0.25) is 0 Å². The molecule has 2 aromatic heterocycles. The van der Waals surface area contributed by atoms with Crippen LogP contribution in [0.4, 0.5) is 0 Å². The van der Waals surface area contributed by atoms with Crippen LogP contribution in [0.1, 0.15) is 17.5 Å². The number of aromatic amines is 1. The van der Waals surface area contributed by atoms with E-state index >= 15 is 0 Å². The molecule has 0 atom stereocenters. The monoisotopic (exact) mass is 458 g/mol. The van der Waals surface area contributed by atoms with Crippen molar-refractivity contribution in [2.75, 3.05) is 27.8 Å². The van der Waals surface area contributed by atoms with Gasteiger partial charge in [-0.1, -0.05) is 18.2 Å². The van der Waals surface area contributed by atoms with Gasteiger partial charge in [0, 0.05) is 52.4 Å². The van der Waals surface area contributed by atoms with E-state index in [1.165, 1.54) is 0 Å². The first kappa shape index (κ1) is 21.8. The van der Waals surface area contributed by atoms with Crippen molar-refractivity contribution in [2.45, 2.75) is 13.0 Å². The Morgan fingerprint density at radius 2 is 1.65 bits per heavy atom. The zero-order chi connectivity index (χ0) is 23.8. The highest BCUT2D eigenvalue weighted by molar-refractivity contribution is 6.50. The number of carbonyl (C=O) groups excluding carboxylic acids is 2. The number of carbonyl (C=O) groups is 2. The van der Waals surface area contributed by atoms with Crippen LogP contribution in [0.3, 0.4) is 0 Å². The van der Waals surface area contributed by atoms with Crippen LogP contribution in [-0.2, 0) is 16.1 Å². The van der Waals surface area contributed by atoms with Crippen LogP contribution in [0, 0.1) is 0 Å². The van der Waals surface area contributed by atoms with Gasteiger partial charge in [0.15, 0.2) is 11.5 Å². The summed E-state index contributed by atoms with van der Waals surface area (Å²) in [6.07, 6.45) is 4.63. The standard InChI is InChI=1S/C26H26N4O4/c1-27-9-6-10-30-14-18(16-11-21(33-2)22(34-3)12-20(16)30)24-23(25(31)29-26(24)32)17-13-28-19-8-5-4-7-15(17)19/h4-5,7-8,11-14,27-28H,6,9-10H2,1-3H3,(H,29,31,32). The number of H-pyrrole nitrogens is 1. The molecule has 0 saturated heterocycles. The molecule has 2 amide bonds. The van der Waals surface area contributed by atoms with Crippen molar-refractivity contribution in [3.63, 3.8) is 0 Å². The maximum Gasteiger partial charge on any atom is 0.259 e. The van der Waals surface area contributed by atoms with Gasteiger partial charge < -0.3 is 24.3 Å². The number of hydrogen-bond donors (Lipinski definition) is 3. The second kappa shape index (κ2) is 8.72. The van der Waals surface area contributed by atoms with Gasteiger partial charge in [0.25, 0.3) is 11.8 Å². The molecule has 8 heteroatoms. The lowest BCUT2D eigenvalue weighted by atomic mass is 9.95. The number of fused-ring (bicyclic) bond motifs is 2. The van der Waals surface area contributed by atoms with Crippen molar-refractivity contribution in [3.8, 4) is 11.5 Å². The van der Waals surface area contributed by atoms with Gasteiger partial charge >= 0.3 is 0 Å². The molecular formula is C26H26N4O4. The number of nitrogens with one attached hydrogen (secondary N) is 3. The summed E-state index contributed by atoms with van der Waals surface area (Å²) in [5.74, 6) is 0.353. The highest BCUT2D eigenvalue weighted by atomic mass is 16.5. The van der Waals surface area contributed by atoms with Crippen LogP contribution in [-0.4, -0.2) is 49.2 Å². The molecule has 0 saturated carbocycles. The van der Waals surface area contributed by atoms with E-state index in [1.54, 1.807) is 20.4 Å². The summed E-state index contributed by atoms with van der Waals surface area (Å²) in [7, 11) is 5.09. The van der Waals surface area contributed by atoms with Crippen molar-refractivity contribution in [1.29, 1.82) is 0 Å². The molecule has 1 aliphatic rings.